The molecule has 1 rings (SSSR count). The molecule has 0 heterocycles. The first kappa shape index (κ1) is 16.1. The van der Waals surface area contributed by atoms with Crippen LogP contribution in [0.15, 0.2) is 29.2 Å². The van der Waals surface area contributed by atoms with Crippen molar-refractivity contribution in [2.24, 2.45) is 0 Å². The Morgan fingerprint density at radius 1 is 1.30 bits per heavy atom. The van der Waals surface area contributed by atoms with Crippen LogP contribution in [0.4, 0.5) is 0 Å². The molecule has 20 heavy (non-hydrogen) atoms. The van der Waals surface area contributed by atoms with Crippen LogP contribution < -0.4 is 10.6 Å². The molecule has 0 bridgehead atoms. The summed E-state index contributed by atoms with van der Waals surface area (Å²) < 4.78 is 22.6. The summed E-state index contributed by atoms with van der Waals surface area (Å²) in [6.07, 6.45) is 1.45. The van der Waals surface area contributed by atoms with Crippen LogP contribution in [-0.4, -0.2) is 33.7 Å². The van der Waals surface area contributed by atoms with Crippen molar-refractivity contribution in [2.45, 2.75) is 17.9 Å². The van der Waals surface area contributed by atoms with E-state index in [9.17, 15) is 13.2 Å². The van der Waals surface area contributed by atoms with Crippen molar-refractivity contribution in [3.05, 3.63) is 29.8 Å². The van der Waals surface area contributed by atoms with E-state index in [1.807, 2.05) is 6.07 Å². The van der Waals surface area contributed by atoms with Crippen molar-refractivity contribution in [3.8, 4) is 6.07 Å². The van der Waals surface area contributed by atoms with Crippen LogP contribution in [0, 0.1) is 11.3 Å². The Kier molecular flexibility index (Phi) is 6.15. The zero-order chi connectivity index (χ0) is 15.0. The number of rotatable bonds is 7. The molecule has 1 amide bonds. The van der Waals surface area contributed by atoms with E-state index in [1.54, 1.807) is 24.3 Å². The third kappa shape index (κ3) is 5.82. The lowest BCUT2D eigenvalue weighted by Crippen LogP contribution is -2.34. The normalized spacial score (nSPS) is 10.8. The quantitative estimate of drug-likeness (QED) is 0.701. The van der Waals surface area contributed by atoms with Crippen LogP contribution in [0.25, 0.3) is 0 Å². The summed E-state index contributed by atoms with van der Waals surface area (Å²) in [4.78, 5) is 11.6. The van der Waals surface area contributed by atoms with Crippen molar-refractivity contribution in [1.29, 1.82) is 5.26 Å². The highest BCUT2D eigenvalue weighted by molar-refractivity contribution is 7.90. The average molecular weight is 295 g/mol. The molecule has 0 aromatic heterocycles. The topological polar surface area (TPSA) is 99.1 Å². The molecular weight excluding hydrogens is 278 g/mol. The second kappa shape index (κ2) is 7.62. The standard InChI is InChI=1S/C13H17N3O3S/c1-20(18,19)12-5-3-11(4-6-12)9-15-10-13(17)16-8-2-7-14/h3-6,15H,2,8-10H2,1H3,(H,16,17). The first-order chi connectivity index (χ1) is 9.43. The fourth-order valence-corrected chi connectivity index (χ4v) is 2.13. The van der Waals surface area contributed by atoms with Gasteiger partial charge in [0.2, 0.25) is 5.91 Å². The van der Waals surface area contributed by atoms with Crippen molar-refractivity contribution in [3.63, 3.8) is 0 Å². The summed E-state index contributed by atoms with van der Waals surface area (Å²) in [6, 6.07) is 8.43. The third-order valence-corrected chi connectivity index (χ3v) is 3.65. The molecule has 0 atom stereocenters. The molecule has 0 aliphatic carbocycles. The lowest BCUT2D eigenvalue weighted by atomic mass is 10.2. The highest BCUT2D eigenvalue weighted by Crippen LogP contribution is 2.09. The van der Waals surface area contributed by atoms with Gasteiger partial charge < -0.3 is 10.6 Å². The van der Waals surface area contributed by atoms with E-state index in [2.05, 4.69) is 10.6 Å². The smallest absolute Gasteiger partial charge is 0.234 e. The molecule has 0 fully saturated rings. The van der Waals surface area contributed by atoms with Gasteiger partial charge in [-0.15, -0.1) is 0 Å². The SMILES string of the molecule is CS(=O)(=O)c1ccc(CNCC(=O)NCCC#N)cc1. The molecule has 7 heteroatoms. The zero-order valence-corrected chi connectivity index (χ0v) is 12.0. The second-order valence-corrected chi connectivity index (χ2v) is 6.29. The van der Waals surface area contributed by atoms with Gasteiger partial charge in [-0.05, 0) is 17.7 Å². The lowest BCUT2D eigenvalue weighted by molar-refractivity contribution is -0.120. The Balaban J connectivity index is 2.36. The number of amides is 1. The first-order valence-electron chi connectivity index (χ1n) is 6.07. The fraction of sp³-hybridized carbons (Fsp3) is 0.385. The number of nitriles is 1. The van der Waals surface area contributed by atoms with E-state index >= 15 is 0 Å². The molecule has 6 nitrogen and oxygen atoms in total. The lowest BCUT2D eigenvalue weighted by Gasteiger charge is -2.06. The predicted molar refractivity (Wildman–Crippen MR) is 74.5 cm³/mol. The molecule has 0 radical (unpaired) electrons. The Morgan fingerprint density at radius 2 is 1.95 bits per heavy atom. The first-order valence-corrected chi connectivity index (χ1v) is 7.96. The molecule has 0 aliphatic heterocycles. The number of benzene rings is 1. The number of carbonyl (C=O) groups excluding carboxylic acids is 1. The maximum Gasteiger partial charge on any atom is 0.234 e. The van der Waals surface area contributed by atoms with Gasteiger partial charge in [-0.25, -0.2) is 8.42 Å². The van der Waals surface area contributed by atoms with Crippen LogP contribution in [0.1, 0.15) is 12.0 Å². The van der Waals surface area contributed by atoms with Crippen LogP contribution in [0.3, 0.4) is 0 Å². The molecule has 0 aliphatic rings. The maximum absolute atomic E-state index is 11.3. The van der Waals surface area contributed by atoms with E-state index in [1.165, 1.54) is 0 Å². The van der Waals surface area contributed by atoms with E-state index in [4.69, 9.17) is 5.26 Å². The minimum absolute atomic E-state index is 0.152. The van der Waals surface area contributed by atoms with Gasteiger partial charge in [0.1, 0.15) is 0 Å². The number of hydrogen-bond acceptors (Lipinski definition) is 5. The van der Waals surface area contributed by atoms with E-state index in [-0.39, 0.29) is 17.3 Å². The van der Waals surface area contributed by atoms with Crippen LogP contribution in [0.2, 0.25) is 0 Å². The van der Waals surface area contributed by atoms with Crippen molar-refractivity contribution >= 4 is 15.7 Å². The summed E-state index contributed by atoms with van der Waals surface area (Å²) in [6.45, 7) is 0.967. The zero-order valence-electron chi connectivity index (χ0n) is 11.2. The number of nitrogens with zero attached hydrogens (tertiary/aromatic N) is 1. The molecule has 0 saturated carbocycles. The minimum atomic E-state index is -3.18. The van der Waals surface area contributed by atoms with Gasteiger partial charge in [-0.2, -0.15) is 5.26 Å². The number of nitrogens with one attached hydrogen (secondary N) is 2. The van der Waals surface area contributed by atoms with Gasteiger partial charge in [0.25, 0.3) is 0 Å². The molecule has 0 unspecified atom stereocenters. The summed E-state index contributed by atoms with van der Waals surface area (Å²) in [5, 5.41) is 13.9. The van der Waals surface area contributed by atoms with Crippen LogP contribution in [-0.2, 0) is 21.2 Å². The van der Waals surface area contributed by atoms with E-state index in [0.717, 1.165) is 11.8 Å². The van der Waals surface area contributed by atoms with Gasteiger partial charge in [0, 0.05) is 19.3 Å². The highest BCUT2D eigenvalue weighted by Gasteiger charge is 2.06. The monoisotopic (exact) mass is 295 g/mol. The molecule has 1 aromatic carbocycles. The highest BCUT2D eigenvalue weighted by atomic mass is 32.2. The number of carbonyl (C=O) groups is 1. The molecule has 108 valence electrons. The van der Waals surface area contributed by atoms with Gasteiger partial charge in [-0.1, -0.05) is 12.1 Å². The van der Waals surface area contributed by atoms with Crippen LogP contribution >= 0.6 is 0 Å². The predicted octanol–water partition coefficient (Wildman–Crippen LogP) is 0.210. The van der Waals surface area contributed by atoms with E-state index < -0.39 is 9.84 Å². The number of hydrogen-bond donors (Lipinski definition) is 2. The molecular formula is C13H17N3O3S. The maximum atomic E-state index is 11.3. The summed E-state index contributed by atoms with van der Waals surface area (Å²) >= 11 is 0. The largest absolute Gasteiger partial charge is 0.354 e. The van der Waals surface area contributed by atoms with Gasteiger partial charge in [0.05, 0.1) is 23.9 Å². The Hall–Kier alpha value is -1.91. The average Bonchev–Trinajstić information content (AvgIpc) is 2.38. The third-order valence-electron chi connectivity index (χ3n) is 2.53. The summed E-state index contributed by atoms with van der Waals surface area (Å²) in [5.41, 5.74) is 0.891. The van der Waals surface area contributed by atoms with Crippen molar-refractivity contribution in [1.82, 2.24) is 10.6 Å². The van der Waals surface area contributed by atoms with Crippen LogP contribution in [0.5, 0.6) is 0 Å². The molecule has 1 aromatic rings. The van der Waals surface area contributed by atoms with E-state index in [0.29, 0.717) is 19.5 Å². The van der Waals surface area contributed by atoms with Crippen molar-refractivity contribution in [2.75, 3.05) is 19.3 Å². The van der Waals surface area contributed by atoms with Gasteiger partial charge >= 0.3 is 0 Å². The minimum Gasteiger partial charge on any atom is -0.354 e. The second-order valence-electron chi connectivity index (χ2n) is 4.28. The summed E-state index contributed by atoms with van der Waals surface area (Å²) in [5.74, 6) is -0.173. The van der Waals surface area contributed by atoms with Gasteiger partial charge in [-0.3, -0.25) is 4.79 Å². The number of sulfone groups is 1. The fourth-order valence-electron chi connectivity index (χ4n) is 1.50. The summed E-state index contributed by atoms with van der Waals surface area (Å²) in [7, 11) is -3.18. The van der Waals surface area contributed by atoms with Gasteiger partial charge in [0.15, 0.2) is 9.84 Å². The Bertz CT molecular complexity index is 588. The molecule has 2 N–H and O–H groups in total. The Morgan fingerprint density at radius 3 is 2.50 bits per heavy atom. The Labute approximate surface area is 118 Å². The van der Waals surface area contributed by atoms with Crippen molar-refractivity contribution < 1.29 is 13.2 Å². The molecule has 0 spiro atoms. The molecule has 0 saturated heterocycles.